The molecule has 0 aromatic heterocycles. The lowest BCUT2D eigenvalue weighted by molar-refractivity contribution is -0.212. The maximum absolute atomic E-state index is 9.68. The van der Waals surface area contributed by atoms with Crippen LogP contribution >= 0.6 is 11.6 Å². The van der Waals surface area contributed by atoms with Gasteiger partial charge >= 0.3 is 0 Å². The Balaban J connectivity index is 2.07. The third kappa shape index (κ3) is 1.57. The topological polar surface area (TPSA) is 47.9 Å². The van der Waals surface area contributed by atoms with Gasteiger partial charge in [0.05, 0.1) is 5.88 Å². The monoisotopic (exact) mass is 208 g/mol. The first-order valence-electron chi connectivity index (χ1n) is 4.28. The van der Waals surface area contributed by atoms with Gasteiger partial charge in [0.1, 0.15) is 18.3 Å². The quantitative estimate of drug-likeness (QED) is 0.637. The molecule has 0 aromatic rings. The number of rotatable bonds is 1. The molecule has 4 nitrogen and oxygen atoms in total. The zero-order valence-electron chi connectivity index (χ0n) is 7.57. The van der Waals surface area contributed by atoms with Crippen LogP contribution in [0.2, 0.25) is 0 Å². The van der Waals surface area contributed by atoms with E-state index in [1.807, 2.05) is 0 Å². The summed E-state index contributed by atoms with van der Waals surface area (Å²) in [5, 5.41) is 9.68. The van der Waals surface area contributed by atoms with Crippen LogP contribution in [0, 0.1) is 0 Å². The van der Waals surface area contributed by atoms with Crippen LogP contribution in [0.1, 0.15) is 13.8 Å². The molecule has 0 saturated carbocycles. The van der Waals surface area contributed by atoms with Crippen molar-refractivity contribution >= 4 is 11.6 Å². The molecule has 0 amide bonds. The van der Waals surface area contributed by atoms with E-state index in [0.29, 0.717) is 0 Å². The van der Waals surface area contributed by atoms with Gasteiger partial charge in [0.25, 0.3) is 0 Å². The fourth-order valence-corrected chi connectivity index (χ4v) is 1.94. The number of alkyl halides is 1. The summed E-state index contributed by atoms with van der Waals surface area (Å²) in [7, 11) is 0. The Morgan fingerprint density at radius 1 is 1.38 bits per heavy atom. The summed E-state index contributed by atoms with van der Waals surface area (Å²) in [5.74, 6) is -0.422. The van der Waals surface area contributed by atoms with Crippen molar-refractivity contribution in [1.82, 2.24) is 0 Å². The standard InChI is InChI=1S/C8H13ClO4/c1-8(2)12-6-5(10)4(3-9)11-7(6)13-8/h4-7,10H,3H2,1-2H3/t4-,5+,6-,7-/m1/s1. The molecule has 1 N–H and O–H groups in total. The van der Waals surface area contributed by atoms with Crippen molar-refractivity contribution < 1.29 is 19.3 Å². The van der Waals surface area contributed by atoms with E-state index >= 15 is 0 Å². The third-order valence-corrected chi connectivity index (χ3v) is 2.57. The smallest absolute Gasteiger partial charge is 0.190 e. The van der Waals surface area contributed by atoms with Crippen molar-refractivity contribution in [3.05, 3.63) is 0 Å². The molecule has 13 heavy (non-hydrogen) atoms. The third-order valence-electron chi connectivity index (χ3n) is 2.27. The summed E-state index contributed by atoms with van der Waals surface area (Å²) in [5.41, 5.74) is 0. The Bertz CT molecular complexity index is 208. The number of hydrogen-bond donors (Lipinski definition) is 1. The van der Waals surface area contributed by atoms with Crippen LogP contribution < -0.4 is 0 Å². The van der Waals surface area contributed by atoms with E-state index in [-0.39, 0.29) is 12.0 Å². The van der Waals surface area contributed by atoms with Crippen LogP contribution in [0.15, 0.2) is 0 Å². The van der Waals surface area contributed by atoms with Gasteiger partial charge in [-0.2, -0.15) is 0 Å². The van der Waals surface area contributed by atoms with Gasteiger partial charge in [-0.3, -0.25) is 0 Å². The molecule has 2 fully saturated rings. The summed E-state index contributed by atoms with van der Waals surface area (Å²) in [6.07, 6.45) is -1.95. The Hall–Kier alpha value is 0.130. The highest BCUT2D eigenvalue weighted by Gasteiger charge is 2.53. The Morgan fingerprint density at radius 3 is 2.62 bits per heavy atom. The highest BCUT2D eigenvalue weighted by atomic mass is 35.5. The van der Waals surface area contributed by atoms with Crippen LogP contribution in [-0.2, 0) is 14.2 Å². The van der Waals surface area contributed by atoms with Crippen molar-refractivity contribution in [2.45, 2.75) is 44.2 Å². The van der Waals surface area contributed by atoms with E-state index in [9.17, 15) is 5.11 Å². The second-order valence-corrected chi connectivity index (χ2v) is 4.10. The summed E-state index contributed by atoms with van der Waals surface area (Å²) in [6.45, 7) is 3.58. The first-order chi connectivity index (χ1) is 6.03. The van der Waals surface area contributed by atoms with Crippen molar-refractivity contribution in [1.29, 1.82) is 0 Å². The van der Waals surface area contributed by atoms with E-state index in [2.05, 4.69) is 0 Å². The van der Waals surface area contributed by atoms with Gasteiger partial charge in [-0.1, -0.05) is 0 Å². The first kappa shape index (κ1) is 9.68. The molecular formula is C8H13ClO4. The van der Waals surface area contributed by atoms with E-state index in [1.54, 1.807) is 13.8 Å². The minimum Gasteiger partial charge on any atom is -0.387 e. The second-order valence-electron chi connectivity index (χ2n) is 3.79. The molecule has 0 radical (unpaired) electrons. The zero-order chi connectivity index (χ0) is 9.64. The number of aliphatic hydroxyl groups excluding tert-OH is 1. The van der Waals surface area contributed by atoms with Gasteiger partial charge in [0.2, 0.25) is 0 Å². The molecular weight excluding hydrogens is 196 g/mol. The Kier molecular flexibility index (Phi) is 2.28. The van der Waals surface area contributed by atoms with Gasteiger partial charge in [-0.05, 0) is 13.8 Å². The molecule has 2 aliphatic heterocycles. The minimum atomic E-state index is -0.690. The fraction of sp³-hybridized carbons (Fsp3) is 1.00. The van der Waals surface area contributed by atoms with Crippen LogP contribution in [0.4, 0.5) is 0 Å². The predicted octanol–water partition coefficient (Wildman–Crippen LogP) is 0.462. The first-order valence-corrected chi connectivity index (χ1v) is 4.82. The lowest BCUT2D eigenvalue weighted by Crippen LogP contribution is -2.35. The average molecular weight is 209 g/mol. The van der Waals surface area contributed by atoms with E-state index in [1.165, 1.54) is 0 Å². The maximum atomic E-state index is 9.68. The highest BCUT2D eigenvalue weighted by Crippen LogP contribution is 2.37. The Labute approximate surface area is 81.7 Å². The van der Waals surface area contributed by atoms with Crippen molar-refractivity contribution in [2.24, 2.45) is 0 Å². The molecule has 0 unspecified atom stereocenters. The van der Waals surface area contributed by atoms with E-state index in [4.69, 9.17) is 25.8 Å². The van der Waals surface area contributed by atoms with Gasteiger partial charge in [0, 0.05) is 0 Å². The molecule has 0 aromatic carbocycles. The molecule has 76 valence electrons. The van der Waals surface area contributed by atoms with Gasteiger partial charge in [-0.25, -0.2) is 0 Å². The van der Waals surface area contributed by atoms with Crippen LogP contribution in [0.3, 0.4) is 0 Å². The van der Waals surface area contributed by atoms with E-state index < -0.39 is 24.3 Å². The van der Waals surface area contributed by atoms with Crippen LogP contribution in [0.25, 0.3) is 0 Å². The molecule has 2 rings (SSSR count). The molecule has 2 aliphatic rings. The zero-order valence-corrected chi connectivity index (χ0v) is 8.32. The average Bonchev–Trinajstić information content (AvgIpc) is 2.47. The number of aliphatic hydroxyl groups is 1. The SMILES string of the molecule is CC1(C)O[C@H]2O[C@H](CCl)[C@H](O)[C@H]2O1. The summed E-state index contributed by atoms with van der Waals surface area (Å²) in [6, 6.07) is 0. The number of ether oxygens (including phenoxy) is 3. The fourth-order valence-electron chi connectivity index (χ4n) is 1.69. The summed E-state index contributed by atoms with van der Waals surface area (Å²) in [4.78, 5) is 0. The van der Waals surface area contributed by atoms with E-state index in [0.717, 1.165) is 0 Å². The molecule has 2 saturated heterocycles. The molecule has 0 aliphatic carbocycles. The van der Waals surface area contributed by atoms with Crippen molar-refractivity contribution in [2.75, 3.05) is 5.88 Å². The number of hydrogen-bond acceptors (Lipinski definition) is 4. The lowest BCUT2D eigenvalue weighted by Gasteiger charge is -2.21. The normalized spacial score (nSPS) is 48.0. The lowest BCUT2D eigenvalue weighted by atomic mass is 10.1. The van der Waals surface area contributed by atoms with Crippen molar-refractivity contribution in [3.63, 3.8) is 0 Å². The minimum absolute atomic E-state index is 0.251. The molecule has 0 spiro atoms. The van der Waals surface area contributed by atoms with Crippen LogP contribution in [0.5, 0.6) is 0 Å². The molecule has 2 heterocycles. The van der Waals surface area contributed by atoms with Gasteiger partial charge in [-0.15, -0.1) is 11.6 Å². The molecule has 5 heteroatoms. The van der Waals surface area contributed by atoms with Gasteiger partial charge in [0.15, 0.2) is 12.1 Å². The predicted molar refractivity (Wildman–Crippen MR) is 45.4 cm³/mol. The second kappa shape index (κ2) is 3.07. The molecule has 4 atom stereocenters. The highest BCUT2D eigenvalue weighted by molar-refractivity contribution is 6.18. The maximum Gasteiger partial charge on any atom is 0.190 e. The molecule has 0 bridgehead atoms. The Morgan fingerprint density at radius 2 is 2.08 bits per heavy atom. The largest absolute Gasteiger partial charge is 0.387 e. The number of halogens is 1. The van der Waals surface area contributed by atoms with Crippen molar-refractivity contribution in [3.8, 4) is 0 Å². The van der Waals surface area contributed by atoms with Gasteiger partial charge < -0.3 is 19.3 Å². The summed E-state index contributed by atoms with van der Waals surface area (Å²) < 4.78 is 16.2. The van der Waals surface area contributed by atoms with Crippen LogP contribution in [-0.4, -0.2) is 41.4 Å². The number of fused-ring (bicyclic) bond motifs is 1. The summed E-state index contributed by atoms with van der Waals surface area (Å²) >= 11 is 5.59.